The minimum Gasteiger partial charge on any atom is -0.273 e. The third-order valence-corrected chi connectivity index (χ3v) is 5.41. The summed E-state index contributed by atoms with van der Waals surface area (Å²) in [6.45, 7) is 0. The molecule has 0 heterocycles. The molecule has 0 saturated heterocycles. The maximum absolute atomic E-state index is 11.5. The first-order chi connectivity index (χ1) is 7.85. The van der Waals surface area contributed by atoms with Crippen LogP contribution in [-0.2, 0) is 28.6 Å². The molecule has 0 spiro atoms. The molecule has 0 amide bonds. The lowest BCUT2D eigenvalue weighted by molar-refractivity contribution is 0.162. The summed E-state index contributed by atoms with van der Waals surface area (Å²) in [4.78, 5) is 0. The molecular weight excluding hydrogens is 268 g/mol. The quantitative estimate of drug-likeness (QED) is 0.666. The first kappa shape index (κ1) is 14.9. The van der Waals surface area contributed by atoms with Gasteiger partial charge in [0.15, 0.2) is 0 Å². The van der Waals surface area contributed by atoms with Crippen LogP contribution in [0.15, 0.2) is 0 Å². The maximum Gasteiger partial charge on any atom is 0.268 e. The summed E-state index contributed by atoms with van der Waals surface area (Å²) in [5.41, 5.74) is 0. The van der Waals surface area contributed by atoms with Crippen LogP contribution in [-0.4, -0.2) is 41.6 Å². The first-order valence-corrected chi connectivity index (χ1v) is 8.69. The van der Waals surface area contributed by atoms with Gasteiger partial charge in [0.1, 0.15) is 0 Å². The van der Waals surface area contributed by atoms with Gasteiger partial charge in [0.05, 0.1) is 24.7 Å². The summed E-state index contributed by atoms with van der Waals surface area (Å²) in [5, 5.41) is 0. The highest BCUT2D eigenvalue weighted by atomic mass is 32.2. The minimum atomic E-state index is -3.78. The van der Waals surface area contributed by atoms with Crippen molar-refractivity contribution in [1.29, 1.82) is 0 Å². The first-order valence-electron chi connectivity index (χ1n) is 5.54. The number of hydrogen-bond donors (Lipinski definition) is 0. The summed E-state index contributed by atoms with van der Waals surface area (Å²) in [7, 11) is -6.53. The topological polar surface area (TPSA) is 86.7 Å². The van der Waals surface area contributed by atoms with E-state index in [1.165, 1.54) is 0 Å². The second-order valence-corrected chi connectivity index (χ2v) is 7.62. The Morgan fingerprint density at radius 1 is 0.941 bits per heavy atom. The molecule has 1 saturated carbocycles. The smallest absolute Gasteiger partial charge is 0.268 e. The Kier molecular flexibility index (Phi) is 5.36. The van der Waals surface area contributed by atoms with Crippen molar-refractivity contribution < 1.29 is 25.2 Å². The van der Waals surface area contributed by atoms with Gasteiger partial charge in [-0.15, -0.1) is 0 Å². The summed E-state index contributed by atoms with van der Waals surface area (Å²) in [5.74, 6) is -1.13. The Bertz CT molecular complexity index is 418. The minimum absolute atomic E-state index is 0.293. The van der Waals surface area contributed by atoms with Gasteiger partial charge in [0.25, 0.3) is 20.2 Å². The zero-order valence-corrected chi connectivity index (χ0v) is 11.4. The van der Waals surface area contributed by atoms with E-state index >= 15 is 0 Å². The van der Waals surface area contributed by atoms with Crippen molar-refractivity contribution in [1.82, 2.24) is 0 Å². The lowest BCUT2D eigenvalue weighted by Crippen LogP contribution is -2.26. The van der Waals surface area contributed by atoms with E-state index in [4.69, 9.17) is 4.18 Å². The molecule has 17 heavy (non-hydrogen) atoms. The molecule has 1 aliphatic rings. The van der Waals surface area contributed by atoms with Gasteiger partial charge < -0.3 is 0 Å². The molecule has 0 atom stereocenters. The fourth-order valence-corrected chi connectivity index (χ4v) is 4.21. The van der Waals surface area contributed by atoms with Crippen LogP contribution in [0.4, 0.5) is 0 Å². The maximum atomic E-state index is 11.5. The molecule has 0 N–H and O–H groups in total. The highest BCUT2D eigenvalue weighted by molar-refractivity contribution is 7.90. The van der Waals surface area contributed by atoms with E-state index in [1.807, 2.05) is 0 Å². The van der Waals surface area contributed by atoms with E-state index in [0.717, 1.165) is 39.2 Å². The van der Waals surface area contributed by atoms with Crippen LogP contribution in [0.2, 0.25) is 0 Å². The Hall–Kier alpha value is -0.180. The zero-order valence-electron chi connectivity index (χ0n) is 9.79. The van der Waals surface area contributed by atoms with Crippen molar-refractivity contribution in [2.45, 2.75) is 38.2 Å². The van der Waals surface area contributed by atoms with Crippen LogP contribution in [0.1, 0.15) is 32.1 Å². The van der Waals surface area contributed by atoms with Crippen LogP contribution in [0.25, 0.3) is 0 Å². The zero-order chi connectivity index (χ0) is 12.9. The van der Waals surface area contributed by atoms with Crippen LogP contribution in [0.5, 0.6) is 0 Å². The van der Waals surface area contributed by atoms with Gasteiger partial charge in [0.2, 0.25) is 0 Å². The second kappa shape index (κ2) is 6.12. The fourth-order valence-electron chi connectivity index (χ4n) is 1.70. The SMILES string of the molecule is COS(=O)(=O)CCS(=O)(=O)OC1CCCCC1. The van der Waals surface area contributed by atoms with Crippen LogP contribution >= 0.6 is 0 Å². The van der Waals surface area contributed by atoms with Gasteiger partial charge in [-0.25, -0.2) is 0 Å². The lowest BCUT2D eigenvalue weighted by Gasteiger charge is -2.21. The molecule has 0 aromatic heterocycles. The molecule has 0 aliphatic heterocycles. The normalized spacial score (nSPS) is 19.4. The van der Waals surface area contributed by atoms with E-state index in [0.29, 0.717) is 0 Å². The van der Waals surface area contributed by atoms with Gasteiger partial charge in [-0.05, 0) is 12.8 Å². The van der Waals surface area contributed by atoms with E-state index in [2.05, 4.69) is 4.18 Å². The van der Waals surface area contributed by atoms with Crippen molar-refractivity contribution >= 4 is 20.2 Å². The van der Waals surface area contributed by atoms with Crippen molar-refractivity contribution in [2.75, 3.05) is 18.6 Å². The molecule has 1 fully saturated rings. The second-order valence-electron chi connectivity index (χ2n) is 4.05. The Morgan fingerprint density at radius 2 is 1.47 bits per heavy atom. The monoisotopic (exact) mass is 286 g/mol. The average molecular weight is 286 g/mol. The van der Waals surface area contributed by atoms with Crippen molar-refractivity contribution in [2.24, 2.45) is 0 Å². The van der Waals surface area contributed by atoms with E-state index in [9.17, 15) is 16.8 Å². The molecule has 0 unspecified atom stereocenters. The fraction of sp³-hybridized carbons (Fsp3) is 1.00. The van der Waals surface area contributed by atoms with E-state index in [-0.39, 0.29) is 6.10 Å². The predicted molar refractivity (Wildman–Crippen MR) is 62.5 cm³/mol. The van der Waals surface area contributed by atoms with Crippen molar-refractivity contribution in [3.8, 4) is 0 Å². The molecule has 0 aromatic carbocycles. The number of rotatable bonds is 6. The molecule has 0 aromatic rings. The summed E-state index contributed by atoms with van der Waals surface area (Å²) >= 11 is 0. The van der Waals surface area contributed by atoms with Gasteiger partial charge >= 0.3 is 0 Å². The predicted octanol–water partition coefficient (Wildman–Crippen LogP) is 0.642. The highest BCUT2D eigenvalue weighted by Gasteiger charge is 2.23. The molecule has 6 nitrogen and oxygen atoms in total. The van der Waals surface area contributed by atoms with Gasteiger partial charge in [-0.1, -0.05) is 19.3 Å². The van der Waals surface area contributed by atoms with Gasteiger partial charge in [-0.2, -0.15) is 16.8 Å². The number of hydrogen-bond acceptors (Lipinski definition) is 6. The molecule has 0 radical (unpaired) electrons. The lowest BCUT2D eigenvalue weighted by atomic mass is 9.98. The van der Waals surface area contributed by atoms with Crippen LogP contribution in [0.3, 0.4) is 0 Å². The third-order valence-electron chi connectivity index (χ3n) is 2.67. The van der Waals surface area contributed by atoms with Crippen molar-refractivity contribution in [3.63, 3.8) is 0 Å². The molecule has 0 bridgehead atoms. The standard InChI is InChI=1S/C9H18O6S2/c1-14-16(10,11)7-8-17(12,13)15-9-5-3-2-4-6-9/h9H,2-8H2,1H3. The molecule has 1 rings (SSSR count). The summed E-state index contributed by atoms with van der Waals surface area (Å²) in [6.07, 6.45) is 4.15. The van der Waals surface area contributed by atoms with Gasteiger partial charge in [-0.3, -0.25) is 8.37 Å². The molecule has 102 valence electrons. The summed E-state index contributed by atoms with van der Waals surface area (Å²) < 4.78 is 54.2. The Morgan fingerprint density at radius 3 is 2.00 bits per heavy atom. The molecule has 1 aliphatic carbocycles. The Labute approximate surface area is 103 Å². The molecule has 8 heteroatoms. The highest BCUT2D eigenvalue weighted by Crippen LogP contribution is 2.22. The van der Waals surface area contributed by atoms with E-state index in [1.54, 1.807) is 0 Å². The largest absolute Gasteiger partial charge is 0.273 e. The van der Waals surface area contributed by atoms with Gasteiger partial charge in [0, 0.05) is 0 Å². The Balaban J connectivity index is 2.45. The van der Waals surface area contributed by atoms with Crippen molar-refractivity contribution in [3.05, 3.63) is 0 Å². The average Bonchev–Trinajstić information content (AvgIpc) is 2.28. The molecular formula is C9H18O6S2. The van der Waals surface area contributed by atoms with E-state index < -0.39 is 31.7 Å². The third kappa shape index (κ3) is 5.80. The summed E-state index contributed by atoms with van der Waals surface area (Å²) in [6, 6.07) is 0. The van der Waals surface area contributed by atoms with Crippen LogP contribution < -0.4 is 0 Å². The van der Waals surface area contributed by atoms with Crippen LogP contribution in [0, 0.1) is 0 Å².